The number of imidazole rings is 1. The number of carbonyl (C=O) groups is 1. The van der Waals surface area contributed by atoms with E-state index < -0.39 is 5.60 Å². The fourth-order valence-corrected chi connectivity index (χ4v) is 2.32. The van der Waals surface area contributed by atoms with Gasteiger partial charge in [-0.15, -0.1) is 0 Å². The number of amides is 1. The Hall–Kier alpha value is -1.89. The molecule has 0 saturated carbocycles. The Kier molecular flexibility index (Phi) is 5.76. The van der Waals surface area contributed by atoms with Crippen LogP contribution in [0.1, 0.15) is 40.0 Å². The van der Waals surface area contributed by atoms with Crippen LogP contribution in [0.2, 0.25) is 5.15 Å². The van der Waals surface area contributed by atoms with E-state index in [1.165, 1.54) is 6.33 Å². The van der Waals surface area contributed by atoms with Gasteiger partial charge in [0.15, 0.2) is 5.82 Å². The number of nitrogens with one attached hydrogen (secondary N) is 1. The Balaban J connectivity index is 1.67. The first kappa shape index (κ1) is 17.5. The third-order valence-electron chi connectivity index (χ3n) is 3.09. The molecule has 0 saturated heterocycles. The minimum atomic E-state index is -0.465. The van der Waals surface area contributed by atoms with Gasteiger partial charge >= 0.3 is 6.09 Å². The van der Waals surface area contributed by atoms with Crippen LogP contribution in [0.4, 0.5) is 4.79 Å². The molecule has 0 radical (unpaired) electrons. The molecule has 0 fully saturated rings. The van der Waals surface area contributed by atoms with E-state index in [4.69, 9.17) is 16.3 Å². The molecule has 0 aromatic heterocycles. The number of unbranched alkanes of at least 4 members (excludes halogenated alkanes) is 2. The smallest absolute Gasteiger partial charge is 0.407 e. The first-order chi connectivity index (χ1) is 10.9. The highest BCUT2D eigenvalue weighted by Crippen LogP contribution is 2.23. The summed E-state index contributed by atoms with van der Waals surface area (Å²) >= 11 is 6.27. The number of alkyl carbamates (subject to hydrolysis) is 1. The van der Waals surface area contributed by atoms with Gasteiger partial charge in [0.05, 0.1) is 6.33 Å². The van der Waals surface area contributed by atoms with Crippen LogP contribution in [0.15, 0.2) is 12.7 Å². The van der Waals surface area contributed by atoms with Crippen molar-refractivity contribution in [3.05, 3.63) is 17.8 Å². The summed E-state index contributed by atoms with van der Waals surface area (Å²) in [6, 6.07) is 0. The highest BCUT2D eigenvalue weighted by molar-refractivity contribution is 6.31. The van der Waals surface area contributed by atoms with Crippen LogP contribution in [-0.4, -0.2) is 37.8 Å². The van der Waals surface area contributed by atoms with E-state index in [0.29, 0.717) is 23.2 Å². The van der Waals surface area contributed by atoms with Crippen LogP contribution in [-0.2, 0) is 11.3 Å². The predicted molar refractivity (Wildman–Crippen MR) is 87.5 cm³/mol. The van der Waals surface area contributed by atoms with Gasteiger partial charge in [-0.1, -0.05) is 11.6 Å². The zero-order valence-electron chi connectivity index (χ0n) is 13.7. The summed E-state index contributed by atoms with van der Waals surface area (Å²) in [7, 11) is 0. The van der Waals surface area contributed by atoms with Crippen LogP contribution in [0.25, 0.3) is 11.5 Å². The maximum Gasteiger partial charge on any atom is 0.407 e. The van der Waals surface area contributed by atoms with Crippen LogP contribution in [0.3, 0.4) is 0 Å². The van der Waals surface area contributed by atoms with Gasteiger partial charge in [0.2, 0.25) is 0 Å². The largest absolute Gasteiger partial charge is 0.444 e. The molecule has 1 N–H and O–H groups in total. The standard InChI is InChI=1S/C15H22ClN5O2/c1-15(2,3)23-14(22)17-7-5-4-6-8-21-10-20-13-11(12(21)16)18-9-19-13/h9-10H,4-8H2,1-3H3,(H,17,22). The normalized spacial score (nSPS) is 11.7. The van der Waals surface area contributed by atoms with Crippen molar-refractivity contribution in [2.45, 2.75) is 52.2 Å². The Morgan fingerprint density at radius 1 is 1.26 bits per heavy atom. The lowest BCUT2D eigenvalue weighted by atomic mass is 10.2. The number of halogens is 1. The van der Waals surface area contributed by atoms with Crippen LogP contribution < -0.4 is 5.32 Å². The quantitative estimate of drug-likeness (QED) is 0.646. The van der Waals surface area contributed by atoms with Crippen molar-refractivity contribution in [3.63, 3.8) is 0 Å². The minimum Gasteiger partial charge on any atom is -0.444 e. The molecule has 0 atom stereocenters. The fourth-order valence-electron chi connectivity index (χ4n) is 2.06. The average Bonchev–Trinajstić information content (AvgIpc) is 2.92. The molecule has 0 aliphatic carbocycles. The third-order valence-corrected chi connectivity index (χ3v) is 3.49. The van der Waals surface area contributed by atoms with Gasteiger partial charge in [0.1, 0.15) is 22.8 Å². The molecule has 8 heteroatoms. The van der Waals surface area contributed by atoms with Gasteiger partial charge in [-0.05, 0) is 40.0 Å². The molecule has 23 heavy (non-hydrogen) atoms. The number of aryl methyl sites for hydroxylation is 1. The van der Waals surface area contributed by atoms with Gasteiger partial charge in [-0.2, -0.15) is 0 Å². The monoisotopic (exact) mass is 339 g/mol. The Morgan fingerprint density at radius 2 is 2.04 bits per heavy atom. The molecule has 0 aromatic carbocycles. The molecule has 2 heterocycles. The van der Waals surface area contributed by atoms with Crippen molar-refractivity contribution >= 4 is 17.7 Å². The Bertz CT molecular complexity index is 623. The molecule has 7 nitrogen and oxygen atoms in total. The van der Waals surface area contributed by atoms with Crippen LogP contribution in [0.5, 0.6) is 0 Å². The summed E-state index contributed by atoms with van der Waals surface area (Å²) in [5.74, 6) is 0.563. The van der Waals surface area contributed by atoms with E-state index in [0.717, 1.165) is 25.8 Å². The Morgan fingerprint density at radius 3 is 2.78 bits per heavy atom. The first-order valence-electron chi connectivity index (χ1n) is 7.65. The van der Waals surface area contributed by atoms with E-state index in [-0.39, 0.29) is 6.09 Å². The number of nitrogens with zero attached hydrogens (tertiary/aromatic N) is 4. The van der Waals surface area contributed by atoms with E-state index in [9.17, 15) is 4.79 Å². The van der Waals surface area contributed by atoms with Gasteiger partial charge in [0, 0.05) is 13.1 Å². The molecular weight excluding hydrogens is 318 g/mol. The average molecular weight is 340 g/mol. The summed E-state index contributed by atoms with van der Waals surface area (Å²) in [6.07, 6.45) is 5.53. The molecule has 0 unspecified atom stereocenters. The van der Waals surface area contributed by atoms with Crippen molar-refractivity contribution < 1.29 is 9.53 Å². The summed E-state index contributed by atoms with van der Waals surface area (Å²) < 4.78 is 7.03. The van der Waals surface area contributed by atoms with Crippen LogP contribution in [0, 0.1) is 0 Å². The summed E-state index contributed by atoms with van der Waals surface area (Å²) in [6.45, 7) is 6.88. The number of hydrogen-bond donors (Lipinski definition) is 1. The van der Waals surface area contributed by atoms with Crippen molar-refractivity contribution in [2.24, 2.45) is 0 Å². The molecule has 0 aromatic rings. The van der Waals surface area contributed by atoms with Crippen molar-refractivity contribution in [2.75, 3.05) is 6.54 Å². The SMILES string of the molecule is CC(C)(C)OC(=O)NCCCCCn1cnc2ncnc-2c1Cl. The third kappa shape index (κ3) is 5.35. The number of rotatable bonds is 6. The fraction of sp³-hybridized carbons (Fsp3) is 0.600. The summed E-state index contributed by atoms with van der Waals surface area (Å²) in [4.78, 5) is 23.8. The van der Waals surface area contributed by atoms with Crippen molar-refractivity contribution in [1.82, 2.24) is 24.8 Å². The molecule has 2 aliphatic rings. The summed E-state index contributed by atoms with van der Waals surface area (Å²) in [5.41, 5.74) is 0.160. The molecular formula is C15H22ClN5O2. The number of fused-ring (bicyclic) bond motifs is 1. The van der Waals surface area contributed by atoms with Gasteiger partial charge < -0.3 is 14.6 Å². The second-order valence-electron chi connectivity index (χ2n) is 6.26. The maximum atomic E-state index is 11.5. The predicted octanol–water partition coefficient (Wildman–Crippen LogP) is 3.13. The highest BCUT2D eigenvalue weighted by atomic mass is 35.5. The van der Waals surface area contributed by atoms with E-state index in [1.807, 2.05) is 25.3 Å². The molecule has 126 valence electrons. The van der Waals surface area contributed by atoms with Gasteiger partial charge in [-0.25, -0.2) is 19.7 Å². The lowest BCUT2D eigenvalue weighted by molar-refractivity contribution is 0.0527. The lowest BCUT2D eigenvalue weighted by Gasteiger charge is -2.19. The topological polar surface area (TPSA) is 81.9 Å². The molecule has 0 bridgehead atoms. The van der Waals surface area contributed by atoms with E-state index in [1.54, 1.807) is 6.33 Å². The van der Waals surface area contributed by atoms with Gasteiger partial charge in [-0.3, -0.25) is 0 Å². The number of hydrogen-bond acceptors (Lipinski definition) is 5. The highest BCUT2D eigenvalue weighted by Gasteiger charge is 2.16. The zero-order chi connectivity index (χ0) is 16.9. The van der Waals surface area contributed by atoms with Crippen LogP contribution >= 0.6 is 11.6 Å². The van der Waals surface area contributed by atoms with Crippen molar-refractivity contribution in [3.8, 4) is 11.5 Å². The van der Waals surface area contributed by atoms with Gasteiger partial charge in [0.25, 0.3) is 0 Å². The number of carbonyl (C=O) groups excluding carboxylic acids is 1. The van der Waals surface area contributed by atoms with Crippen molar-refractivity contribution in [1.29, 1.82) is 0 Å². The second kappa shape index (κ2) is 7.59. The molecule has 2 aliphatic heterocycles. The maximum absolute atomic E-state index is 11.5. The summed E-state index contributed by atoms with van der Waals surface area (Å²) in [5, 5.41) is 3.30. The van der Waals surface area contributed by atoms with E-state index >= 15 is 0 Å². The Labute approximate surface area is 140 Å². The number of ether oxygens (including phenoxy) is 1. The van der Waals surface area contributed by atoms with E-state index in [2.05, 4.69) is 20.3 Å². The molecule has 2 rings (SSSR count). The molecule has 0 spiro atoms. The number of aromatic nitrogens is 4. The molecule has 1 amide bonds. The first-order valence-corrected chi connectivity index (χ1v) is 8.03. The zero-order valence-corrected chi connectivity index (χ0v) is 14.4. The second-order valence-corrected chi connectivity index (χ2v) is 6.62. The lowest BCUT2D eigenvalue weighted by Crippen LogP contribution is -2.33. The minimum absolute atomic E-state index is 0.376.